The highest BCUT2D eigenvalue weighted by molar-refractivity contribution is 5.16. The second-order valence-corrected chi connectivity index (χ2v) is 3.52. The van der Waals surface area contributed by atoms with Crippen LogP contribution in [0.2, 0.25) is 0 Å². The number of halogens is 4. The Bertz CT molecular complexity index is 499. The van der Waals surface area contributed by atoms with E-state index in [0.29, 0.717) is 5.56 Å². The van der Waals surface area contributed by atoms with Gasteiger partial charge in [0.15, 0.2) is 5.69 Å². The third-order valence-corrected chi connectivity index (χ3v) is 2.19. The van der Waals surface area contributed by atoms with E-state index < -0.39 is 11.9 Å². The van der Waals surface area contributed by atoms with Crippen LogP contribution in [0.4, 0.5) is 17.6 Å². The molecule has 2 rings (SSSR count). The van der Waals surface area contributed by atoms with E-state index in [4.69, 9.17) is 0 Å². The van der Waals surface area contributed by atoms with Gasteiger partial charge in [0.2, 0.25) is 0 Å². The first-order chi connectivity index (χ1) is 7.95. The van der Waals surface area contributed by atoms with Gasteiger partial charge < -0.3 is 0 Å². The van der Waals surface area contributed by atoms with Gasteiger partial charge in [0.25, 0.3) is 0 Å². The lowest BCUT2D eigenvalue weighted by atomic mass is 10.2. The number of hydrogen-bond acceptors (Lipinski definition) is 1. The summed E-state index contributed by atoms with van der Waals surface area (Å²) in [4.78, 5) is 0. The topological polar surface area (TPSA) is 17.8 Å². The van der Waals surface area contributed by atoms with Gasteiger partial charge in [-0.1, -0.05) is 12.1 Å². The Morgan fingerprint density at radius 3 is 2.24 bits per heavy atom. The number of aromatic nitrogens is 2. The van der Waals surface area contributed by atoms with Gasteiger partial charge in [0.05, 0.1) is 6.54 Å². The van der Waals surface area contributed by atoms with E-state index in [0.717, 1.165) is 10.7 Å². The minimum Gasteiger partial charge on any atom is -0.268 e. The van der Waals surface area contributed by atoms with Crippen molar-refractivity contribution in [3.8, 4) is 0 Å². The van der Waals surface area contributed by atoms with Crippen molar-refractivity contribution >= 4 is 0 Å². The first-order valence-corrected chi connectivity index (χ1v) is 4.80. The quantitative estimate of drug-likeness (QED) is 0.742. The van der Waals surface area contributed by atoms with Crippen molar-refractivity contribution < 1.29 is 17.6 Å². The molecule has 0 spiro atoms. The maximum Gasteiger partial charge on any atom is 0.435 e. The molecule has 0 bridgehead atoms. The monoisotopic (exact) mass is 244 g/mol. The summed E-state index contributed by atoms with van der Waals surface area (Å²) in [6.45, 7) is 0.177. The van der Waals surface area contributed by atoms with Gasteiger partial charge in [-0.3, -0.25) is 4.68 Å². The highest BCUT2D eigenvalue weighted by Gasteiger charge is 2.33. The first kappa shape index (κ1) is 11.6. The summed E-state index contributed by atoms with van der Waals surface area (Å²) in [5.41, 5.74) is -0.247. The smallest absolute Gasteiger partial charge is 0.268 e. The van der Waals surface area contributed by atoms with E-state index in [2.05, 4.69) is 5.10 Å². The van der Waals surface area contributed by atoms with Crippen molar-refractivity contribution in [3.63, 3.8) is 0 Å². The van der Waals surface area contributed by atoms with Gasteiger partial charge in [-0.05, 0) is 23.8 Å². The predicted molar refractivity (Wildman–Crippen MR) is 52.7 cm³/mol. The summed E-state index contributed by atoms with van der Waals surface area (Å²) in [5.74, 6) is -0.384. The third kappa shape index (κ3) is 2.83. The number of benzene rings is 1. The molecule has 0 aliphatic heterocycles. The molecule has 1 aromatic carbocycles. The lowest BCUT2D eigenvalue weighted by molar-refractivity contribution is -0.141. The Labute approximate surface area is 94.5 Å². The van der Waals surface area contributed by atoms with Crippen LogP contribution in [0, 0.1) is 5.82 Å². The number of hydrogen-bond donors (Lipinski definition) is 0. The maximum absolute atomic E-state index is 12.6. The molecule has 90 valence electrons. The van der Waals surface area contributed by atoms with Crippen molar-refractivity contribution in [2.75, 3.05) is 0 Å². The fourth-order valence-corrected chi connectivity index (χ4v) is 1.38. The molecule has 2 nitrogen and oxygen atoms in total. The average Bonchev–Trinajstić information content (AvgIpc) is 2.69. The summed E-state index contributed by atoms with van der Waals surface area (Å²) in [6, 6.07) is 6.42. The fraction of sp³-hybridized carbons (Fsp3) is 0.182. The molecular weight excluding hydrogens is 236 g/mol. The van der Waals surface area contributed by atoms with Crippen molar-refractivity contribution in [2.24, 2.45) is 0 Å². The highest BCUT2D eigenvalue weighted by Crippen LogP contribution is 2.27. The van der Waals surface area contributed by atoms with E-state index in [-0.39, 0.29) is 12.4 Å². The zero-order valence-corrected chi connectivity index (χ0v) is 8.58. The molecule has 2 aromatic rings. The van der Waals surface area contributed by atoms with E-state index in [9.17, 15) is 17.6 Å². The van der Waals surface area contributed by atoms with Crippen molar-refractivity contribution in [1.82, 2.24) is 9.78 Å². The van der Waals surface area contributed by atoms with Gasteiger partial charge in [-0.15, -0.1) is 0 Å². The molecule has 0 saturated carbocycles. The summed E-state index contributed by atoms with van der Waals surface area (Å²) >= 11 is 0. The maximum atomic E-state index is 12.6. The SMILES string of the molecule is Fc1ccc(Cn2ccc(C(F)(F)F)n2)cc1. The second-order valence-electron chi connectivity index (χ2n) is 3.52. The number of rotatable bonds is 2. The van der Waals surface area contributed by atoms with Crippen LogP contribution in [0.5, 0.6) is 0 Å². The molecule has 0 radical (unpaired) electrons. The van der Waals surface area contributed by atoms with Crippen LogP contribution in [-0.2, 0) is 12.7 Å². The average molecular weight is 244 g/mol. The molecule has 17 heavy (non-hydrogen) atoms. The molecule has 0 N–H and O–H groups in total. The van der Waals surface area contributed by atoms with Crippen molar-refractivity contribution in [2.45, 2.75) is 12.7 Å². The van der Waals surface area contributed by atoms with Crippen molar-refractivity contribution in [1.29, 1.82) is 0 Å². The minimum atomic E-state index is -4.44. The van der Waals surface area contributed by atoms with E-state index in [1.54, 1.807) is 0 Å². The molecule has 0 atom stereocenters. The third-order valence-electron chi connectivity index (χ3n) is 2.19. The Balaban J connectivity index is 2.14. The molecule has 6 heteroatoms. The fourth-order valence-electron chi connectivity index (χ4n) is 1.38. The Hall–Kier alpha value is -1.85. The lowest BCUT2D eigenvalue weighted by Gasteiger charge is -2.03. The number of alkyl halides is 3. The van der Waals surface area contributed by atoms with Crippen LogP contribution in [0.25, 0.3) is 0 Å². The normalized spacial score (nSPS) is 11.8. The second kappa shape index (κ2) is 4.20. The summed E-state index contributed by atoms with van der Waals surface area (Å²) < 4.78 is 50.6. The summed E-state index contributed by atoms with van der Waals surface area (Å²) in [6.07, 6.45) is -3.19. The van der Waals surface area contributed by atoms with Gasteiger partial charge in [0, 0.05) is 6.20 Å². The Morgan fingerprint density at radius 1 is 1.06 bits per heavy atom. The molecule has 0 aliphatic carbocycles. The van der Waals surface area contributed by atoms with Crippen LogP contribution in [0.1, 0.15) is 11.3 Å². The van der Waals surface area contributed by atoms with Gasteiger partial charge in [0.1, 0.15) is 5.82 Å². The van der Waals surface area contributed by atoms with E-state index in [1.807, 2.05) is 0 Å². The zero-order valence-electron chi connectivity index (χ0n) is 8.58. The van der Waals surface area contributed by atoms with Crippen molar-refractivity contribution in [3.05, 3.63) is 53.6 Å². The van der Waals surface area contributed by atoms with Crippen LogP contribution in [0.15, 0.2) is 36.5 Å². The van der Waals surface area contributed by atoms with Crippen LogP contribution in [-0.4, -0.2) is 9.78 Å². The standard InChI is InChI=1S/C11H8F4N2/c12-9-3-1-8(2-4-9)7-17-6-5-10(16-17)11(13,14)15/h1-6H,7H2. The van der Waals surface area contributed by atoms with Gasteiger partial charge >= 0.3 is 6.18 Å². The molecule has 0 fully saturated rings. The largest absolute Gasteiger partial charge is 0.435 e. The van der Waals surface area contributed by atoms with Crippen LogP contribution >= 0.6 is 0 Å². The van der Waals surface area contributed by atoms with Gasteiger partial charge in [-0.25, -0.2) is 4.39 Å². The summed E-state index contributed by atoms with van der Waals surface area (Å²) in [7, 11) is 0. The van der Waals surface area contributed by atoms with E-state index >= 15 is 0 Å². The Morgan fingerprint density at radius 2 is 1.71 bits per heavy atom. The summed E-state index contributed by atoms with van der Waals surface area (Å²) in [5, 5.41) is 3.40. The van der Waals surface area contributed by atoms with Crippen LogP contribution < -0.4 is 0 Å². The molecule has 0 saturated heterocycles. The van der Waals surface area contributed by atoms with Gasteiger partial charge in [-0.2, -0.15) is 18.3 Å². The zero-order chi connectivity index (χ0) is 12.5. The first-order valence-electron chi connectivity index (χ1n) is 4.80. The molecular formula is C11H8F4N2. The molecule has 0 aliphatic rings. The lowest BCUT2D eigenvalue weighted by Crippen LogP contribution is -2.08. The molecule has 0 amide bonds. The minimum absolute atomic E-state index is 0.177. The molecule has 0 unspecified atom stereocenters. The molecule has 1 heterocycles. The predicted octanol–water partition coefficient (Wildman–Crippen LogP) is 3.09. The van der Waals surface area contributed by atoms with Crippen LogP contribution in [0.3, 0.4) is 0 Å². The van der Waals surface area contributed by atoms with E-state index in [1.165, 1.54) is 30.5 Å². The highest BCUT2D eigenvalue weighted by atomic mass is 19.4. The Kier molecular flexibility index (Phi) is 2.87. The molecule has 1 aromatic heterocycles. The number of nitrogens with zero attached hydrogens (tertiary/aromatic N) is 2.